The second-order valence-electron chi connectivity index (χ2n) is 10.5. The molecule has 1 aliphatic carbocycles. The number of carbonyl (C=O) groups excluding carboxylic acids is 2. The summed E-state index contributed by atoms with van der Waals surface area (Å²) in [5, 5.41) is 12.6. The minimum absolute atomic E-state index is 0.271. The minimum atomic E-state index is -0.633. The van der Waals surface area contributed by atoms with Crippen LogP contribution in [0.25, 0.3) is 11.2 Å². The predicted molar refractivity (Wildman–Crippen MR) is 176 cm³/mol. The number of imidazole rings is 1. The van der Waals surface area contributed by atoms with Crippen molar-refractivity contribution in [1.82, 2.24) is 20.0 Å². The fourth-order valence-electron chi connectivity index (χ4n) is 4.72. The molecule has 1 aliphatic rings. The van der Waals surface area contributed by atoms with Crippen molar-refractivity contribution in [3.63, 3.8) is 0 Å². The van der Waals surface area contributed by atoms with E-state index in [2.05, 4.69) is 21.3 Å². The van der Waals surface area contributed by atoms with E-state index in [0.717, 1.165) is 22.4 Å². The van der Waals surface area contributed by atoms with E-state index in [1.165, 1.54) is 0 Å². The van der Waals surface area contributed by atoms with Crippen molar-refractivity contribution in [2.75, 3.05) is 10.6 Å². The Balaban J connectivity index is 1.62. The summed E-state index contributed by atoms with van der Waals surface area (Å²) in [6.45, 7) is 7.80. The van der Waals surface area contributed by atoms with Crippen LogP contribution in [-0.4, -0.2) is 21.5 Å². The monoisotopic (exact) mass is 608 g/mol. The maximum absolute atomic E-state index is 13.1. The van der Waals surface area contributed by atoms with Gasteiger partial charge in [-0.2, -0.15) is 0 Å². The first-order valence-corrected chi connectivity index (χ1v) is 14.4. The van der Waals surface area contributed by atoms with Gasteiger partial charge in [-0.25, -0.2) is 14.6 Å². The number of ether oxygens (including phenoxy) is 1. The number of aromatic nitrogens is 2. The number of fused-ring (bicyclic) bond motifs is 1. The van der Waals surface area contributed by atoms with Crippen LogP contribution < -0.4 is 26.0 Å². The number of anilines is 3. The quantitative estimate of drug-likeness (QED) is 0.168. The van der Waals surface area contributed by atoms with Crippen molar-refractivity contribution in [2.24, 2.45) is 0 Å². The number of para-hydroxylation sites is 1. The molecule has 10 heteroatoms. The summed E-state index contributed by atoms with van der Waals surface area (Å²) in [6, 6.07) is 16.1. The Morgan fingerprint density at radius 3 is 2.52 bits per heavy atom. The molecule has 2 aromatic carbocycles. The molecule has 4 N–H and O–H groups in total. The zero-order valence-electron chi connectivity index (χ0n) is 24.9. The second kappa shape index (κ2) is 13.4. The third kappa shape index (κ3) is 7.02. The predicted octanol–water partition coefficient (Wildman–Crippen LogP) is 8.41. The number of nitrogens with zero attached hydrogens (tertiary/aromatic N) is 2. The van der Waals surface area contributed by atoms with Gasteiger partial charge >= 0.3 is 12.1 Å². The fourth-order valence-corrected chi connectivity index (χ4v) is 4.92. The first-order chi connectivity index (χ1) is 21.2. The number of amides is 3. The lowest BCUT2D eigenvalue weighted by atomic mass is 10.1. The highest BCUT2D eigenvalue weighted by Gasteiger charge is 2.23. The lowest BCUT2D eigenvalue weighted by Gasteiger charge is -2.16. The van der Waals surface area contributed by atoms with Crippen molar-refractivity contribution in [3.05, 3.63) is 124 Å². The van der Waals surface area contributed by atoms with Gasteiger partial charge in [-0.15, -0.1) is 0 Å². The van der Waals surface area contributed by atoms with Gasteiger partial charge in [-0.1, -0.05) is 65.7 Å². The molecular formula is C34H33ClN6O3. The maximum atomic E-state index is 13.1. The number of urea groups is 1. The van der Waals surface area contributed by atoms with E-state index in [9.17, 15) is 9.59 Å². The van der Waals surface area contributed by atoms with Gasteiger partial charge in [0.05, 0.1) is 0 Å². The van der Waals surface area contributed by atoms with E-state index in [1.54, 1.807) is 42.6 Å². The first kappa shape index (κ1) is 30.2. The summed E-state index contributed by atoms with van der Waals surface area (Å²) in [6.07, 6.45) is 10.9. The normalized spacial score (nSPS) is 12.5. The standard InChI is InChI=1S/C34H33ClN6O3/c1-21(2)20-36-34(43)44-28-17-10-18-41-31(28)40-30(32(41)39-29-22(3)11-8-12-23(29)4)26-15-6-5-7-16-27(26)38-33(42)37-25-14-9-13-24(35)19-25/h5-15,17-20,39H,16H2,1-4H3,(H,36,43)(H2,37,38,42). The molecule has 4 aromatic rings. The van der Waals surface area contributed by atoms with Crippen LogP contribution in [0.5, 0.6) is 5.75 Å². The van der Waals surface area contributed by atoms with Gasteiger partial charge in [0.1, 0.15) is 11.5 Å². The van der Waals surface area contributed by atoms with Crippen molar-refractivity contribution < 1.29 is 14.3 Å². The molecule has 5 rings (SSSR count). The molecule has 0 spiro atoms. The number of nitrogens with one attached hydrogen (secondary N) is 4. The Bertz CT molecular complexity index is 1840. The molecule has 2 aromatic heterocycles. The summed E-state index contributed by atoms with van der Waals surface area (Å²) in [5.74, 6) is 0.913. The average Bonchev–Trinajstić information content (AvgIpc) is 3.18. The molecule has 2 heterocycles. The first-order valence-electron chi connectivity index (χ1n) is 14.1. The molecule has 0 radical (unpaired) electrons. The molecule has 0 saturated heterocycles. The van der Waals surface area contributed by atoms with Crippen LogP contribution in [-0.2, 0) is 0 Å². The highest BCUT2D eigenvalue weighted by atomic mass is 35.5. The summed E-state index contributed by atoms with van der Waals surface area (Å²) in [5.41, 5.74) is 6.80. The third-order valence-electron chi connectivity index (χ3n) is 6.78. The van der Waals surface area contributed by atoms with E-state index >= 15 is 0 Å². The summed E-state index contributed by atoms with van der Waals surface area (Å²) in [4.78, 5) is 30.7. The van der Waals surface area contributed by atoms with Crippen LogP contribution in [0, 0.1) is 13.8 Å². The van der Waals surface area contributed by atoms with Crippen LogP contribution >= 0.6 is 11.6 Å². The van der Waals surface area contributed by atoms with Crippen molar-refractivity contribution in [3.8, 4) is 5.75 Å². The Hall–Kier alpha value is -5.28. The molecular weight excluding hydrogens is 576 g/mol. The Labute approximate surface area is 261 Å². The number of rotatable bonds is 7. The number of hydrogen-bond acceptors (Lipinski definition) is 5. The van der Waals surface area contributed by atoms with Crippen LogP contribution in [0.15, 0.2) is 103 Å². The lowest BCUT2D eigenvalue weighted by molar-refractivity contribution is 0.204. The Kier molecular flexibility index (Phi) is 9.16. The molecule has 224 valence electrons. The van der Waals surface area contributed by atoms with Crippen molar-refractivity contribution in [2.45, 2.75) is 34.1 Å². The van der Waals surface area contributed by atoms with Gasteiger partial charge in [0, 0.05) is 46.5 Å². The number of pyridine rings is 1. The van der Waals surface area contributed by atoms with E-state index in [-0.39, 0.29) is 5.75 Å². The van der Waals surface area contributed by atoms with Crippen LogP contribution in [0.3, 0.4) is 0 Å². The topological polar surface area (TPSA) is 109 Å². The Morgan fingerprint density at radius 2 is 1.77 bits per heavy atom. The number of benzene rings is 2. The lowest BCUT2D eigenvalue weighted by Crippen LogP contribution is -2.28. The third-order valence-corrected chi connectivity index (χ3v) is 7.01. The van der Waals surface area contributed by atoms with Crippen LogP contribution in [0.2, 0.25) is 5.02 Å². The highest BCUT2D eigenvalue weighted by Crippen LogP contribution is 2.36. The van der Waals surface area contributed by atoms with Gasteiger partial charge in [0.2, 0.25) is 0 Å². The molecule has 44 heavy (non-hydrogen) atoms. The summed E-state index contributed by atoms with van der Waals surface area (Å²) in [7, 11) is 0. The van der Waals surface area contributed by atoms with Gasteiger partial charge in [0.15, 0.2) is 11.4 Å². The number of hydrogen-bond donors (Lipinski definition) is 4. The molecule has 0 fully saturated rings. The van der Waals surface area contributed by atoms with Gasteiger partial charge in [0.25, 0.3) is 0 Å². The van der Waals surface area contributed by atoms with E-state index in [1.807, 2.05) is 80.8 Å². The molecule has 0 atom stereocenters. The molecule has 0 bridgehead atoms. The van der Waals surface area contributed by atoms with Crippen molar-refractivity contribution >= 4 is 52.1 Å². The van der Waals surface area contributed by atoms with Gasteiger partial charge < -0.3 is 20.7 Å². The zero-order chi connectivity index (χ0) is 31.2. The second-order valence-corrected chi connectivity index (χ2v) is 10.9. The van der Waals surface area contributed by atoms with Gasteiger partial charge in [-0.05, 0) is 69.2 Å². The van der Waals surface area contributed by atoms with Crippen molar-refractivity contribution in [1.29, 1.82) is 0 Å². The molecule has 0 aliphatic heterocycles. The number of allylic oxidation sites excluding steroid dienone is 6. The summed E-state index contributed by atoms with van der Waals surface area (Å²) < 4.78 is 7.52. The number of carbonyl (C=O) groups is 2. The minimum Gasteiger partial charge on any atom is -0.406 e. The smallest absolute Gasteiger partial charge is 0.406 e. The van der Waals surface area contributed by atoms with E-state index in [4.69, 9.17) is 21.3 Å². The van der Waals surface area contributed by atoms with Gasteiger partial charge in [-0.3, -0.25) is 9.72 Å². The SMILES string of the molecule is CC(C)=CNC(=O)Oc1cccn2c(Nc3c(C)cccc3C)c(C3=C(NC(=O)Nc4cccc(Cl)c4)CC=CC=C3)nc12. The molecule has 0 unspecified atom stereocenters. The number of halogens is 1. The fraction of sp³-hybridized carbons (Fsp3) is 0.147. The largest absolute Gasteiger partial charge is 0.416 e. The molecule has 9 nitrogen and oxygen atoms in total. The molecule has 0 saturated carbocycles. The maximum Gasteiger partial charge on any atom is 0.416 e. The molecule has 3 amide bonds. The van der Waals surface area contributed by atoms with E-state index in [0.29, 0.717) is 45.6 Å². The van der Waals surface area contributed by atoms with E-state index < -0.39 is 12.1 Å². The highest BCUT2D eigenvalue weighted by molar-refractivity contribution is 6.30. The van der Waals surface area contributed by atoms with Crippen LogP contribution in [0.1, 0.15) is 37.1 Å². The summed E-state index contributed by atoms with van der Waals surface area (Å²) >= 11 is 6.11. The zero-order valence-corrected chi connectivity index (χ0v) is 25.6. The average molecular weight is 609 g/mol. The number of aryl methyl sites for hydroxylation is 2. The Morgan fingerprint density at radius 1 is 1.00 bits per heavy atom. The van der Waals surface area contributed by atoms with Crippen LogP contribution in [0.4, 0.5) is 26.8 Å².